The molecule has 0 heterocycles. The van der Waals surface area contributed by atoms with Crippen LogP contribution in [0.4, 0.5) is 0 Å². The lowest BCUT2D eigenvalue weighted by atomic mass is 9.91. The van der Waals surface area contributed by atoms with Gasteiger partial charge < -0.3 is 9.84 Å². The van der Waals surface area contributed by atoms with Crippen LogP contribution < -0.4 is 0 Å². The fraction of sp³-hybridized carbons (Fsp3) is 0.833. The van der Waals surface area contributed by atoms with Crippen molar-refractivity contribution in [1.82, 2.24) is 4.90 Å². The third-order valence-corrected chi connectivity index (χ3v) is 3.20. The van der Waals surface area contributed by atoms with Gasteiger partial charge in [-0.05, 0) is 25.7 Å². The van der Waals surface area contributed by atoms with E-state index in [1.54, 1.807) is 7.11 Å². The molecule has 0 aromatic heterocycles. The largest absolute Gasteiger partial charge is 0.395 e. The highest BCUT2D eigenvalue weighted by Crippen LogP contribution is 2.24. The van der Waals surface area contributed by atoms with Crippen molar-refractivity contribution in [2.45, 2.75) is 37.8 Å². The maximum absolute atomic E-state index is 9.01. The van der Waals surface area contributed by atoms with Crippen LogP contribution in [0.15, 0.2) is 12.7 Å². The van der Waals surface area contributed by atoms with E-state index in [9.17, 15) is 0 Å². The van der Waals surface area contributed by atoms with Crippen molar-refractivity contribution < 1.29 is 9.84 Å². The van der Waals surface area contributed by atoms with Crippen molar-refractivity contribution in [1.29, 1.82) is 0 Å². The van der Waals surface area contributed by atoms with Gasteiger partial charge in [-0.1, -0.05) is 6.08 Å². The van der Waals surface area contributed by atoms with Gasteiger partial charge in [0.05, 0.1) is 12.7 Å². The van der Waals surface area contributed by atoms with Crippen molar-refractivity contribution in [2.24, 2.45) is 0 Å². The van der Waals surface area contributed by atoms with E-state index in [1.165, 1.54) is 19.3 Å². The number of hydrogen-bond donors (Lipinski definition) is 1. The Kier molecular flexibility index (Phi) is 5.91. The molecule has 1 aliphatic carbocycles. The van der Waals surface area contributed by atoms with Gasteiger partial charge in [-0.15, -0.1) is 6.58 Å². The Morgan fingerprint density at radius 3 is 2.93 bits per heavy atom. The number of rotatable bonds is 6. The first kappa shape index (κ1) is 12.7. The number of aliphatic hydroxyl groups is 1. The standard InChI is InChI=1S/C12H23NO2/c1-3-7-13(8-9-14)11-5-4-6-12(10-11)15-2/h3,11-12,14H,1,4-10H2,2H3. The summed E-state index contributed by atoms with van der Waals surface area (Å²) < 4.78 is 5.41. The first-order valence-corrected chi connectivity index (χ1v) is 5.80. The van der Waals surface area contributed by atoms with E-state index in [0.717, 1.165) is 19.5 Å². The molecule has 1 aliphatic rings. The summed E-state index contributed by atoms with van der Waals surface area (Å²) in [6.07, 6.45) is 7.01. The first-order valence-electron chi connectivity index (χ1n) is 5.80. The smallest absolute Gasteiger partial charge is 0.0586 e. The molecule has 0 aromatic rings. The lowest BCUT2D eigenvalue weighted by Gasteiger charge is -2.36. The van der Waals surface area contributed by atoms with E-state index in [1.807, 2.05) is 6.08 Å². The number of nitrogens with zero attached hydrogens (tertiary/aromatic N) is 1. The molecule has 0 bridgehead atoms. The minimum Gasteiger partial charge on any atom is -0.395 e. The molecular weight excluding hydrogens is 190 g/mol. The SMILES string of the molecule is C=CCN(CCO)C1CCCC(OC)C1. The van der Waals surface area contributed by atoms with Crippen LogP contribution in [0.1, 0.15) is 25.7 Å². The van der Waals surface area contributed by atoms with Crippen LogP contribution in [-0.4, -0.2) is 49.0 Å². The van der Waals surface area contributed by atoms with Gasteiger partial charge in [-0.2, -0.15) is 0 Å². The van der Waals surface area contributed by atoms with Gasteiger partial charge in [0.15, 0.2) is 0 Å². The minimum absolute atomic E-state index is 0.224. The third-order valence-electron chi connectivity index (χ3n) is 3.20. The second kappa shape index (κ2) is 6.99. The second-order valence-electron chi connectivity index (χ2n) is 4.19. The predicted octanol–water partition coefficient (Wildman–Crippen LogP) is 1.42. The molecular formula is C12H23NO2. The fourth-order valence-corrected chi connectivity index (χ4v) is 2.38. The first-order chi connectivity index (χ1) is 7.31. The van der Waals surface area contributed by atoms with Crippen molar-refractivity contribution in [3.8, 4) is 0 Å². The molecule has 0 radical (unpaired) electrons. The molecule has 0 aromatic carbocycles. The normalized spacial score (nSPS) is 26.9. The highest BCUT2D eigenvalue weighted by molar-refractivity contribution is 4.84. The zero-order valence-corrected chi connectivity index (χ0v) is 9.69. The van der Waals surface area contributed by atoms with Crippen LogP contribution in [-0.2, 0) is 4.74 Å². The molecule has 88 valence electrons. The summed E-state index contributed by atoms with van der Waals surface area (Å²) in [5, 5.41) is 9.01. The highest BCUT2D eigenvalue weighted by atomic mass is 16.5. The molecule has 0 spiro atoms. The maximum atomic E-state index is 9.01. The Morgan fingerprint density at radius 1 is 1.53 bits per heavy atom. The van der Waals surface area contributed by atoms with E-state index >= 15 is 0 Å². The van der Waals surface area contributed by atoms with Crippen LogP contribution in [0.2, 0.25) is 0 Å². The monoisotopic (exact) mass is 213 g/mol. The van der Waals surface area contributed by atoms with Gasteiger partial charge in [0.2, 0.25) is 0 Å². The topological polar surface area (TPSA) is 32.7 Å². The molecule has 1 fully saturated rings. The quantitative estimate of drug-likeness (QED) is 0.677. The van der Waals surface area contributed by atoms with Crippen LogP contribution in [0.5, 0.6) is 0 Å². The van der Waals surface area contributed by atoms with Crippen molar-refractivity contribution in [3.05, 3.63) is 12.7 Å². The molecule has 0 amide bonds. The molecule has 0 saturated heterocycles. The number of ether oxygens (including phenoxy) is 1. The molecule has 15 heavy (non-hydrogen) atoms. The van der Waals surface area contributed by atoms with Crippen LogP contribution in [0, 0.1) is 0 Å². The fourth-order valence-electron chi connectivity index (χ4n) is 2.38. The Hall–Kier alpha value is -0.380. The molecule has 1 rings (SSSR count). The lowest BCUT2D eigenvalue weighted by Crippen LogP contribution is -2.42. The zero-order chi connectivity index (χ0) is 11.1. The third kappa shape index (κ3) is 3.93. The molecule has 1 saturated carbocycles. The Morgan fingerprint density at radius 2 is 2.33 bits per heavy atom. The summed E-state index contributed by atoms with van der Waals surface area (Å²) in [6.45, 7) is 5.59. The molecule has 0 aliphatic heterocycles. The van der Waals surface area contributed by atoms with E-state index in [2.05, 4.69) is 11.5 Å². The molecule has 3 nitrogen and oxygen atoms in total. The average molecular weight is 213 g/mol. The zero-order valence-electron chi connectivity index (χ0n) is 9.69. The minimum atomic E-state index is 0.224. The summed E-state index contributed by atoms with van der Waals surface area (Å²) in [7, 11) is 1.79. The van der Waals surface area contributed by atoms with Crippen molar-refractivity contribution >= 4 is 0 Å². The average Bonchev–Trinajstić information content (AvgIpc) is 2.29. The lowest BCUT2D eigenvalue weighted by molar-refractivity contribution is 0.0268. The Labute approximate surface area is 92.7 Å². The van der Waals surface area contributed by atoms with Crippen molar-refractivity contribution in [3.63, 3.8) is 0 Å². The highest BCUT2D eigenvalue weighted by Gasteiger charge is 2.25. The van der Waals surface area contributed by atoms with Crippen LogP contribution in [0.3, 0.4) is 0 Å². The number of aliphatic hydroxyl groups excluding tert-OH is 1. The van der Waals surface area contributed by atoms with E-state index in [0.29, 0.717) is 12.1 Å². The van der Waals surface area contributed by atoms with Gasteiger partial charge >= 0.3 is 0 Å². The van der Waals surface area contributed by atoms with Gasteiger partial charge in [-0.25, -0.2) is 0 Å². The van der Waals surface area contributed by atoms with Gasteiger partial charge in [0, 0.05) is 26.2 Å². The van der Waals surface area contributed by atoms with Gasteiger partial charge in [0.1, 0.15) is 0 Å². The summed E-state index contributed by atoms with van der Waals surface area (Å²) >= 11 is 0. The Balaban J connectivity index is 2.46. The maximum Gasteiger partial charge on any atom is 0.0586 e. The Bertz CT molecular complexity index is 184. The number of hydrogen-bond acceptors (Lipinski definition) is 3. The predicted molar refractivity (Wildman–Crippen MR) is 61.9 cm³/mol. The molecule has 2 atom stereocenters. The molecule has 3 heteroatoms. The van der Waals surface area contributed by atoms with E-state index < -0.39 is 0 Å². The second-order valence-corrected chi connectivity index (χ2v) is 4.19. The van der Waals surface area contributed by atoms with Crippen LogP contribution in [0.25, 0.3) is 0 Å². The summed E-state index contributed by atoms with van der Waals surface area (Å²) in [5.74, 6) is 0. The van der Waals surface area contributed by atoms with Crippen molar-refractivity contribution in [2.75, 3.05) is 26.8 Å². The van der Waals surface area contributed by atoms with E-state index in [-0.39, 0.29) is 6.61 Å². The summed E-state index contributed by atoms with van der Waals surface area (Å²) in [5.41, 5.74) is 0. The van der Waals surface area contributed by atoms with Crippen LogP contribution >= 0.6 is 0 Å². The number of methoxy groups -OCH3 is 1. The molecule has 2 unspecified atom stereocenters. The summed E-state index contributed by atoms with van der Waals surface area (Å²) in [4.78, 5) is 2.30. The van der Waals surface area contributed by atoms with Gasteiger partial charge in [-0.3, -0.25) is 4.90 Å². The van der Waals surface area contributed by atoms with Gasteiger partial charge in [0.25, 0.3) is 0 Å². The molecule has 1 N–H and O–H groups in total. The van der Waals surface area contributed by atoms with E-state index in [4.69, 9.17) is 9.84 Å². The summed E-state index contributed by atoms with van der Waals surface area (Å²) in [6, 6.07) is 0.550.